The van der Waals surface area contributed by atoms with E-state index in [4.69, 9.17) is 0 Å². The van der Waals surface area contributed by atoms with E-state index in [1.807, 2.05) is 30.3 Å². The highest BCUT2D eigenvalue weighted by Crippen LogP contribution is 2.17. The lowest BCUT2D eigenvalue weighted by molar-refractivity contribution is -0.116. The highest BCUT2D eigenvalue weighted by molar-refractivity contribution is 7.15. The van der Waals surface area contributed by atoms with E-state index in [9.17, 15) is 4.79 Å². The normalized spacial score (nSPS) is 10.4. The third kappa shape index (κ3) is 4.74. The van der Waals surface area contributed by atoms with Crippen LogP contribution in [0.3, 0.4) is 0 Å². The number of aryl methyl sites for hydroxylation is 2. The molecule has 1 aromatic carbocycles. The molecule has 5 heteroatoms. The van der Waals surface area contributed by atoms with Gasteiger partial charge >= 0.3 is 0 Å². The number of carbonyl (C=O) groups excluding carboxylic acids is 1. The number of nitrogens with one attached hydrogen (secondary N) is 1. The molecule has 0 spiro atoms. The van der Waals surface area contributed by atoms with Gasteiger partial charge in [0, 0.05) is 12.8 Å². The molecule has 0 fully saturated rings. The molecule has 0 aliphatic carbocycles. The van der Waals surface area contributed by atoms with Crippen molar-refractivity contribution in [1.82, 2.24) is 10.2 Å². The van der Waals surface area contributed by atoms with Gasteiger partial charge in [-0.05, 0) is 18.4 Å². The van der Waals surface area contributed by atoms with Crippen LogP contribution < -0.4 is 5.32 Å². The number of anilines is 1. The van der Waals surface area contributed by atoms with Crippen molar-refractivity contribution < 1.29 is 4.79 Å². The van der Waals surface area contributed by atoms with Gasteiger partial charge in [-0.2, -0.15) is 0 Å². The zero-order valence-electron chi connectivity index (χ0n) is 11.6. The van der Waals surface area contributed by atoms with Gasteiger partial charge in [0.2, 0.25) is 11.0 Å². The highest BCUT2D eigenvalue weighted by Gasteiger charge is 2.08. The lowest BCUT2D eigenvalue weighted by Crippen LogP contribution is -2.12. The van der Waals surface area contributed by atoms with Crippen LogP contribution in [-0.2, 0) is 17.6 Å². The summed E-state index contributed by atoms with van der Waals surface area (Å²) >= 11 is 1.47. The van der Waals surface area contributed by atoms with Gasteiger partial charge in [0.05, 0.1) is 0 Å². The second-order valence-corrected chi connectivity index (χ2v) is 5.70. The molecular weight excluding hydrogens is 270 g/mol. The third-order valence-electron chi connectivity index (χ3n) is 2.94. The quantitative estimate of drug-likeness (QED) is 0.849. The third-order valence-corrected chi connectivity index (χ3v) is 3.84. The fourth-order valence-corrected chi connectivity index (χ4v) is 2.62. The topological polar surface area (TPSA) is 54.9 Å². The second kappa shape index (κ2) is 7.75. The van der Waals surface area contributed by atoms with Crippen LogP contribution in [0.25, 0.3) is 0 Å². The van der Waals surface area contributed by atoms with Gasteiger partial charge in [-0.1, -0.05) is 55.0 Å². The van der Waals surface area contributed by atoms with Crippen LogP contribution in [0.1, 0.15) is 36.8 Å². The van der Waals surface area contributed by atoms with Gasteiger partial charge in [0.15, 0.2) is 0 Å². The summed E-state index contributed by atoms with van der Waals surface area (Å²) in [5.74, 6) is -0.00737. The molecule has 106 valence electrons. The van der Waals surface area contributed by atoms with E-state index in [1.165, 1.54) is 16.9 Å². The summed E-state index contributed by atoms with van der Waals surface area (Å²) in [5.41, 5.74) is 1.17. The Morgan fingerprint density at radius 3 is 2.75 bits per heavy atom. The lowest BCUT2D eigenvalue weighted by atomic mass is 10.1. The van der Waals surface area contributed by atoms with Crippen molar-refractivity contribution >= 4 is 22.4 Å². The number of unbranched alkanes of at least 4 members (excludes halogenated alkanes) is 1. The Kier molecular flexibility index (Phi) is 5.68. The van der Waals surface area contributed by atoms with E-state index in [0.29, 0.717) is 11.6 Å². The SMILES string of the molecule is CCCCc1nnc(NC(=O)CCc2ccccc2)s1. The van der Waals surface area contributed by atoms with Gasteiger partial charge in [-0.3, -0.25) is 4.79 Å². The molecule has 1 amide bonds. The van der Waals surface area contributed by atoms with E-state index < -0.39 is 0 Å². The number of carbonyl (C=O) groups is 1. The first kappa shape index (κ1) is 14.7. The maximum absolute atomic E-state index is 11.8. The van der Waals surface area contributed by atoms with Gasteiger partial charge in [-0.25, -0.2) is 0 Å². The smallest absolute Gasteiger partial charge is 0.226 e. The number of aromatic nitrogens is 2. The number of nitrogens with zero attached hydrogens (tertiary/aromatic N) is 2. The predicted molar refractivity (Wildman–Crippen MR) is 81.9 cm³/mol. The standard InChI is InChI=1S/C15H19N3OS/c1-2-3-9-14-17-18-15(20-14)16-13(19)11-10-12-7-5-4-6-8-12/h4-8H,2-3,9-11H2,1H3,(H,16,18,19). The van der Waals surface area contributed by atoms with Crippen LogP contribution in [0.15, 0.2) is 30.3 Å². The molecule has 0 saturated carbocycles. The van der Waals surface area contributed by atoms with Crippen LogP contribution in [0, 0.1) is 0 Å². The van der Waals surface area contributed by atoms with Crippen molar-refractivity contribution in [3.63, 3.8) is 0 Å². The molecule has 20 heavy (non-hydrogen) atoms. The summed E-state index contributed by atoms with van der Waals surface area (Å²) in [6.07, 6.45) is 4.39. The van der Waals surface area contributed by atoms with Gasteiger partial charge < -0.3 is 5.32 Å². The van der Waals surface area contributed by atoms with Crippen molar-refractivity contribution in [3.8, 4) is 0 Å². The Bertz CT molecular complexity index is 539. The molecule has 0 atom stereocenters. The first-order valence-electron chi connectivity index (χ1n) is 6.94. The van der Waals surface area contributed by atoms with Crippen molar-refractivity contribution in [2.24, 2.45) is 0 Å². The van der Waals surface area contributed by atoms with E-state index >= 15 is 0 Å². The lowest BCUT2D eigenvalue weighted by Gasteiger charge is -2.01. The minimum Gasteiger partial charge on any atom is -0.301 e. The van der Waals surface area contributed by atoms with Crippen LogP contribution >= 0.6 is 11.3 Å². The van der Waals surface area contributed by atoms with Crippen molar-refractivity contribution in [2.45, 2.75) is 39.0 Å². The zero-order chi connectivity index (χ0) is 14.2. The Morgan fingerprint density at radius 1 is 1.20 bits per heavy atom. The zero-order valence-corrected chi connectivity index (χ0v) is 12.4. The van der Waals surface area contributed by atoms with Crippen LogP contribution in [0.5, 0.6) is 0 Å². The number of hydrogen-bond acceptors (Lipinski definition) is 4. The molecular formula is C15H19N3OS. The monoisotopic (exact) mass is 289 g/mol. The molecule has 0 radical (unpaired) electrons. The Labute approximate surface area is 123 Å². The van der Waals surface area contributed by atoms with Crippen LogP contribution in [0.4, 0.5) is 5.13 Å². The van der Waals surface area contributed by atoms with Gasteiger partial charge in [0.1, 0.15) is 5.01 Å². The maximum Gasteiger partial charge on any atom is 0.226 e. The average Bonchev–Trinajstić information content (AvgIpc) is 2.91. The number of rotatable bonds is 7. The largest absolute Gasteiger partial charge is 0.301 e. The molecule has 1 aromatic heterocycles. The van der Waals surface area contributed by atoms with Crippen molar-refractivity contribution in [3.05, 3.63) is 40.9 Å². The fourth-order valence-electron chi connectivity index (χ4n) is 1.82. The molecule has 0 saturated heterocycles. The molecule has 1 N–H and O–H groups in total. The molecule has 2 rings (SSSR count). The summed E-state index contributed by atoms with van der Waals surface area (Å²) in [5, 5.41) is 12.5. The summed E-state index contributed by atoms with van der Waals surface area (Å²) in [6, 6.07) is 10.0. The highest BCUT2D eigenvalue weighted by atomic mass is 32.1. The Hall–Kier alpha value is -1.75. The summed E-state index contributed by atoms with van der Waals surface area (Å²) in [4.78, 5) is 11.8. The predicted octanol–water partition coefficient (Wildman–Crippen LogP) is 3.45. The van der Waals surface area contributed by atoms with Gasteiger partial charge in [0.25, 0.3) is 0 Å². The molecule has 0 bridgehead atoms. The second-order valence-electron chi connectivity index (χ2n) is 4.64. The Morgan fingerprint density at radius 2 is 2.00 bits per heavy atom. The minimum absolute atomic E-state index is 0.00737. The van der Waals surface area contributed by atoms with Crippen molar-refractivity contribution in [2.75, 3.05) is 5.32 Å². The molecule has 1 heterocycles. The summed E-state index contributed by atoms with van der Waals surface area (Å²) in [6.45, 7) is 2.15. The van der Waals surface area contributed by atoms with E-state index in [-0.39, 0.29) is 5.91 Å². The fraction of sp³-hybridized carbons (Fsp3) is 0.400. The minimum atomic E-state index is -0.00737. The van der Waals surface area contributed by atoms with Gasteiger partial charge in [-0.15, -0.1) is 10.2 Å². The number of hydrogen-bond donors (Lipinski definition) is 1. The molecule has 4 nitrogen and oxygen atoms in total. The van der Waals surface area contributed by atoms with E-state index in [2.05, 4.69) is 22.4 Å². The first-order chi connectivity index (χ1) is 9.78. The molecule has 0 aliphatic rings. The maximum atomic E-state index is 11.8. The summed E-state index contributed by atoms with van der Waals surface area (Å²) in [7, 11) is 0. The van der Waals surface area contributed by atoms with E-state index in [0.717, 1.165) is 30.7 Å². The van der Waals surface area contributed by atoms with Crippen LogP contribution in [0.2, 0.25) is 0 Å². The van der Waals surface area contributed by atoms with Crippen LogP contribution in [-0.4, -0.2) is 16.1 Å². The first-order valence-corrected chi connectivity index (χ1v) is 7.75. The van der Waals surface area contributed by atoms with E-state index in [1.54, 1.807) is 0 Å². The van der Waals surface area contributed by atoms with Crippen molar-refractivity contribution in [1.29, 1.82) is 0 Å². The Balaban J connectivity index is 1.78. The number of amides is 1. The molecule has 0 unspecified atom stereocenters. The summed E-state index contributed by atoms with van der Waals surface area (Å²) < 4.78 is 0. The average molecular weight is 289 g/mol. The molecule has 2 aromatic rings. The molecule has 0 aliphatic heterocycles. The number of benzene rings is 1.